The molecule has 3 aromatic rings. The van der Waals surface area contributed by atoms with Crippen molar-refractivity contribution in [1.82, 2.24) is 25.0 Å². The second-order valence-electron chi connectivity index (χ2n) is 9.44. The number of halogens is 1. The predicted octanol–water partition coefficient (Wildman–Crippen LogP) is 3.24. The van der Waals surface area contributed by atoms with Gasteiger partial charge >= 0.3 is 0 Å². The third-order valence-electron chi connectivity index (χ3n) is 7.12. The van der Waals surface area contributed by atoms with Crippen molar-refractivity contribution in [2.75, 3.05) is 25.0 Å². The number of amides is 1. The van der Waals surface area contributed by atoms with Crippen molar-refractivity contribution in [2.24, 2.45) is 7.05 Å². The molecule has 2 aliphatic rings. The van der Waals surface area contributed by atoms with Crippen LogP contribution in [0.15, 0.2) is 24.4 Å². The highest BCUT2D eigenvalue weighted by molar-refractivity contribution is 14.1. The van der Waals surface area contributed by atoms with Gasteiger partial charge in [0.15, 0.2) is 5.82 Å². The summed E-state index contributed by atoms with van der Waals surface area (Å²) in [5.74, 6) is 0.729. The van der Waals surface area contributed by atoms with Crippen LogP contribution in [0.1, 0.15) is 42.5 Å². The van der Waals surface area contributed by atoms with E-state index in [-0.39, 0.29) is 18.5 Å². The van der Waals surface area contributed by atoms with E-state index in [1.165, 1.54) is 0 Å². The molecule has 0 bridgehead atoms. The van der Waals surface area contributed by atoms with Crippen LogP contribution in [-0.2, 0) is 23.9 Å². The minimum atomic E-state index is -0.723. The van der Waals surface area contributed by atoms with E-state index in [2.05, 4.69) is 67.3 Å². The summed E-state index contributed by atoms with van der Waals surface area (Å²) >= 11 is 3.93. The monoisotopic (exact) mass is 594 g/mol. The van der Waals surface area contributed by atoms with E-state index in [1.54, 1.807) is 11.3 Å². The van der Waals surface area contributed by atoms with Crippen LogP contribution in [-0.4, -0.2) is 62.4 Å². The van der Waals surface area contributed by atoms with Gasteiger partial charge in [-0.3, -0.25) is 14.4 Å². The van der Waals surface area contributed by atoms with Crippen LogP contribution in [0.5, 0.6) is 0 Å². The summed E-state index contributed by atoms with van der Waals surface area (Å²) in [5.41, 5.74) is 0.317. The topological polar surface area (TPSA) is 95.3 Å². The van der Waals surface area contributed by atoms with E-state index in [9.17, 15) is 9.90 Å². The molecule has 1 saturated carbocycles. The fraction of sp³-hybridized carbons (Fsp3) is 0.542. The molecule has 2 aromatic heterocycles. The van der Waals surface area contributed by atoms with Crippen LogP contribution in [0, 0.1) is 3.57 Å². The molecule has 182 valence electrons. The number of benzene rings is 1. The Labute approximate surface area is 217 Å². The van der Waals surface area contributed by atoms with Gasteiger partial charge in [-0.25, -0.2) is 4.98 Å². The Morgan fingerprint density at radius 1 is 1.32 bits per heavy atom. The maximum atomic E-state index is 12.5. The third kappa shape index (κ3) is 4.82. The number of rotatable bonds is 7. The Hall–Kier alpha value is -1.76. The van der Waals surface area contributed by atoms with Crippen LogP contribution in [0.3, 0.4) is 0 Å². The number of carbonyl (C=O) groups is 1. The molecule has 10 heteroatoms. The maximum Gasteiger partial charge on any atom is 0.239 e. The lowest BCUT2D eigenvalue weighted by atomic mass is 9.80. The molecule has 1 amide bonds. The van der Waals surface area contributed by atoms with Gasteiger partial charge in [0.25, 0.3) is 0 Å². The van der Waals surface area contributed by atoms with E-state index in [0.717, 1.165) is 75.4 Å². The Morgan fingerprint density at radius 2 is 2.09 bits per heavy atom. The molecule has 0 atom stereocenters. The molecule has 1 saturated heterocycles. The molecule has 0 unspecified atom stereocenters. The molecule has 3 N–H and O–H groups in total. The average molecular weight is 595 g/mol. The number of nitrogens with one attached hydrogen (secondary N) is 2. The molecule has 5 rings (SSSR count). The van der Waals surface area contributed by atoms with Gasteiger partial charge in [0.05, 0.1) is 28.0 Å². The van der Waals surface area contributed by atoms with Crippen LogP contribution in [0.2, 0.25) is 0 Å². The van der Waals surface area contributed by atoms with Gasteiger partial charge in [0, 0.05) is 41.3 Å². The molecular weight excluding hydrogens is 563 g/mol. The van der Waals surface area contributed by atoms with Gasteiger partial charge in [-0.2, -0.15) is 5.10 Å². The van der Waals surface area contributed by atoms with Crippen LogP contribution in [0.25, 0.3) is 10.9 Å². The first-order valence-corrected chi connectivity index (χ1v) is 13.8. The van der Waals surface area contributed by atoms with Gasteiger partial charge in [0.1, 0.15) is 5.60 Å². The Balaban J connectivity index is 1.07. The second kappa shape index (κ2) is 9.71. The quantitative estimate of drug-likeness (QED) is 0.364. The molecule has 8 nitrogen and oxygen atoms in total. The van der Waals surface area contributed by atoms with E-state index in [0.29, 0.717) is 6.04 Å². The summed E-state index contributed by atoms with van der Waals surface area (Å²) < 4.78 is 2.97. The van der Waals surface area contributed by atoms with E-state index >= 15 is 0 Å². The lowest BCUT2D eigenvalue weighted by Gasteiger charge is -2.48. The number of likely N-dealkylation sites (tertiary alicyclic amines) is 1. The first-order chi connectivity index (χ1) is 16.3. The molecule has 0 spiro atoms. The van der Waals surface area contributed by atoms with E-state index in [4.69, 9.17) is 0 Å². The molecule has 34 heavy (non-hydrogen) atoms. The Bertz CT molecular complexity index is 1180. The zero-order valence-corrected chi connectivity index (χ0v) is 22.5. The minimum absolute atomic E-state index is 0.0102. The number of aliphatic hydroxyl groups is 1. The number of aryl methyl sites for hydroxylation is 2. The third-order valence-corrected chi connectivity index (χ3v) is 9.12. The summed E-state index contributed by atoms with van der Waals surface area (Å²) in [6, 6.07) is 6.84. The van der Waals surface area contributed by atoms with Crippen LogP contribution < -0.4 is 10.6 Å². The summed E-state index contributed by atoms with van der Waals surface area (Å²) in [7, 11) is 1.91. The van der Waals surface area contributed by atoms with Gasteiger partial charge in [0.2, 0.25) is 5.91 Å². The molecular formula is C24H31IN6O2S. The fourth-order valence-corrected chi connectivity index (χ4v) is 6.59. The van der Waals surface area contributed by atoms with Gasteiger partial charge in [-0.1, -0.05) is 6.92 Å². The summed E-state index contributed by atoms with van der Waals surface area (Å²) in [5, 5.41) is 24.1. The van der Waals surface area contributed by atoms with Gasteiger partial charge in [-0.15, -0.1) is 11.3 Å². The fourth-order valence-electron chi connectivity index (χ4n) is 5.09. The van der Waals surface area contributed by atoms with Crippen molar-refractivity contribution in [2.45, 2.75) is 56.7 Å². The summed E-state index contributed by atoms with van der Waals surface area (Å²) in [4.78, 5) is 20.4. The highest BCUT2D eigenvalue weighted by Crippen LogP contribution is 2.41. The molecule has 1 aliphatic carbocycles. The van der Waals surface area contributed by atoms with Gasteiger partial charge in [-0.05, 0) is 72.9 Å². The number of hydrogen-bond acceptors (Lipinski definition) is 7. The number of aromatic nitrogens is 3. The number of carbonyl (C=O) groups excluding carboxylic acids is 1. The smallest absolute Gasteiger partial charge is 0.239 e. The standard InChI is InChI=1S/C24H31IN6O2S/c1-3-22-26-11-20(34-22)24(33)8-6-17(7-9-24)31-13-16(14-31)28-21(32)12-27-23-18-10-15(25)4-5-19(18)30(2)29-23/h4-5,10-11,16-17,33H,3,6-9,12-14H2,1-2H3,(H,27,29)(H,28,32). The van der Waals surface area contributed by atoms with E-state index < -0.39 is 5.60 Å². The Morgan fingerprint density at radius 3 is 2.79 bits per heavy atom. The lowest BCUT2D eigenvalue weighted by Crippen LogP contribution is -2.63. The normalized spacial score (nSPS) is 23.7. The highest BCUT2D eigenvalue weighted by atomic mass is 127. The lowest BCUT2D eigenvalue weighted by molar-refractivity contribution is -0.121. The average Bonchev–Trinajstić information content (AvgIpc) is 3.40. The van der Waals surface area contributed by atoms with Crippen molar-refractivity contribution in [1.29, 1.82) is 0 Å². The number of thiazole rings is 1. The molecule has 1 aliphatic heterocycles. The first-order valence-electron chi connectivity index (χ1n) is 11.9. The number of nitrogens with zero attached hydrogens (tertiary/aromatic N) is 4. The molecule has 0 radical (unpaired) electrons. The van der Waals surface area contributed by atoms with Crippen molar-refractivity contribution in [3.05, 3.63) is 37.9 Å². The van der Waals surface area contributed by atoms with Crippen LogP contribution >= 0.6 is 33.9 Å². The van der Waals surface area contributed by atoms with Gasteiger partial charge < -0.3 is 15.7 Å². The number of fused-ring (bicyclic) bond motifs is 1. The molecule has 1 aromatic carbocycles. The first kappa shape index (κ1) is 24.0. The summed E-state index contributed by atoms with van der Waals surface area (Å²) in [6.45, 7) is 4.05. The second-order valence-corrected chi connectivity index (χ2v) is 11.8. The minimum Gasteiger partial charge on any atom is -0.384 e. The number of anilines is 1. The molecule has 2 fully saturated rings. The maximum absolute atomic E-state index is 12.5. The van der Waals surface area contributed by atoms with Crippen molar-refractivity contribution in [3.8, 4) is 0 Å². The SMILES string of the molecule is CCc1ncc(C2(O)CCC(N3CC(NC(=O)CNc4nn(C)c5ccc(I)cc45)C3)CC2)s1. The largest absolute Gasteiger partial charge is 0.384 e. The summed E-state index contributed by atoms with van der Waals surface area (Å²) in [6.07, 6.45) is 6.28. The Kier molecular flexibility index (Phi) is 6.84. The zero-order valence-electron chi connectivity index (χ0n) is 19.6. The number of hydrogen-bond donors (Lipinski definition) is 3. The van der Waals surface area contributed by atoms with E-state index in [1.807, 2.05) is 24.0 Å². The van der Waals surface area contributed by atoms with Crippen molar-refractivity contribution < 1.29 is 9.90 Å². The molecule has 3 heterocycles. The van der Waals surface area contributed by atoms with Crippen molar-refractivity contribution in [3.63, 3.8) is 0 Å². The zero-order chi connectivity index (χ0) is 23.9. The van der Waals surface area contributed by atoms with Crippen LogP contribution in [0.4, 0.5) is 5.82 Å². The predicted molar refractivity (Wildman–Crippen MR) is 143 cm³/mol. The van der Waals surface area contributed by atoms with Crippen molar-refractivity contribution >= 4 is 56.6 Å². The highest BCUT2D eigenvalue weighted by Gasteiger charge is 2.41.